The van der Waals surface area contributed by atoms with Gasteiger partial charge in [-0.25, -0.2) is 4.98 Å². The smallest absolute Gasteiger partial charge is 0.202 e. The molecular weight excluding hydrogens is 218 g/mol. The lowest BCUT2D eigenvalue weighted by Crippen LogP contribution is -1.98. The highest BCUT2D eigenvalue weighted by Crippen LogP contribution is 2.13. The minimum Gasteiger partial charge on any atom is -0.356 e. The van der Waals surface area contributed by atoms with E-state index in [1.165, 1.54) is 17.9 Å². The predicted molar refractivity (Wildman–Crippen MR) is 58.7 cm³/mol. The summed E-state index contributed by atoms with van der Waals surface area (Å²) in [5.74, 6) is 0. The van der Waals surface area contributed by atoms with Crippen molar-refractivity contribution < 1.29 is 0 Å². The van der Waals surface area contributed by atoms with E-state index in [-0.39, 0.29) is 0 Å². The number of benzene rings is 1. The number of aromatic nitrogens is 2. The van der Waals surface area contributed by atoms with Gasteiger partial charge in [0.2, 0.25) is 5.13 Å². The number of hydrogen-bond acceptors (Lipinski definition) is 4. The van der Waals surface area contributed by atoms with Gasteiger partial charge in [0.05, 0.1) is 0 Å². The Balaban J connectivity index is 1.98. The first kappa shape index (κ1) is 9.43. The van der Waals surface area contributed by atoms with E-state index >= 15 is 0 Å². The monoisotopic (exact) mass is 225 g/mol. The summed E-state index contributed by atoms with van der Waals surface area (Å²) in [6.45, 7) is 0.718. The fourth-order valence-corrected chi connectivity index (χ4v) is 1.71. The topological polar surface area (TPSA) is 37.8 Å². The third kappa shape index (κ3) is 2.43. The molecule has 0 amide bonds. The summed E-state index contributed by atoms with van der Waals surface area (Å²) in [7, 11) is 0. The molecule has 5 heteroatoms. The van der Waals surface area contributed by atoms with Crippen molar-refractivity contribution in [3.8, 4) is 0 Å². The zero-order valence-corrected chi connectivity index (χ0v) is 8.85. The molecule has 1 N–H and O–H groups in total. The van der Waals surface area contributed by atoms with Crippen LogP contribution >= 0.6 is 23.1 Å². The molecular formula is C9H8ClN3S. The summed E-state index contributed by atoms with van der Waals surface area (Å²) in [4.78, 5) is 4.02. The van der Waals surface area contributed by atoms with Gasteiger partial charge in [-0.3, -0.25) is 0 Å². The van der Waals surface area contributed by atoms with E-state index in [9.17, 15) is 0 Å². The van der Waals surface area contributed by atoms with Crippen molar-refractivity contribution in [2.75, 3.05) is 5.32 Å². The Kier molecular flexibility index (Phi) is 2.96. The number of hydrogen-bond donors (Lipinski definition) is 1. The molecule has 0 saturated heterocycles. The van der Waals surface area contributed by atoms with Crippen molar-refractivity contribution in [1.29, 1.82) is 0 Å². The summed E-state index contributed by atoms with van der Waals surface area (Å²) in [6, 6.07) is 7.73. The van der Waals surface area contributed by atoms with Gasteiger partial charge in [0.15, 0.2) is 0 Å². The Morgan fingerprint density at radius 3 is 3.07 bits per heavy atom. The normalized spacial score (nSPS) is 10.1. The zero-order valence-electron chi connectivity index (χ0n) is 7.27. The maximum atomic E-state index is 5.85. The highest BCUT2D eigenvalue weighted by molar-refractivity contribution is 7.09. The van der Waals surface area contributed by atoms with Crippen LogP contribution < -0.4 is 5.32 Å². The SMILES string of the molecule is Clc1cccc(CNc2ncns2)c1. The molecule has 0 aliphatic heterocycles. The summed E-state index contributed by atoms with van der Waals surface area (Å²) in [6.07, 6.45) is 1.53. The Morgan fingerprint density at radius 1 is 1.43 bits per heavy atom. The molecule has 3 nitrogen and oxygen atoms in total. The van der Waals surface area contributed by atoms with Gasteiger partial charge in [0.25, 0.3) is 0 Å². The highest BCUT2D eigenvalue weighted by Gasteiger charge is 1.96. The quantitative estimate of drug-likeness (QED) is 0.873. The summed E-state index contributed by atoms with van der Waals surface area (Å²) < 4.78 is 3.89. The number of rotatable bonds is 3. The third-order valence-electron chi connectivity index (χ3n) is 1.69. The summed E-state index contributed by atoms with van der Waals surface area (Å²) >= 11 is 7.19. The molecule has 0 saturated carbocycles. The number of anilines is 1. The Hall–Kier alpha value is -1.13. The Labute approximate surface area is 90.9 Å². The predicted octanol–water partition coefficient (Wildman–Crippen LogP) is 2.80. The minimum absolute atomic E-state index is 0.718. The van der Waals surface area contributed by atoms with Gasteiger partial charge < -0.3 is 5.32 Å². The molecule has 0 spiro atoms. The van der Waals surface area contributed by atoms with E-state index in [1.807, 2.05) is 24.3 Å². The molecule has 72 valence electrons. The van der Waals surface area contributed by atoms with E-state index in [1.54, 1.807) is 0 Å². The van der Waals surface area contributed by atoms with E-state index in [0.29, 0.717) is 0 Å². The number of nitrogens with one attached hydrogen (secondary N) is 1. The maximum absolute atomic E-state index is 5.85. The molecule has 0 bridgehead atoms. The molecule has 0 atom stereocenters. The molecule has 2 rings (SSSR count). The lowest BCUT2D eigenvalue weighted by molar-refractivity contribution is 1.13. The second kappa shape index (κ2) is 4.39. The molecule has 0 aliphatic carbocycles. The molecule has 0 radical (unpaired) electrons. The van der Waals surface area contributed by atoms with Gasteiger partial charge in [0.1, 0.15) is 6.33 Å². The van der Waals surface area contributed by atoms with Crippen molar-refractivity contribution in [2.45, 2.75) is 6.54 Å². The minimum atomic E-state index is 0.718. The van der Waals surface area contributed by atoms with E-state index < -0.39 is 0 Å². The van der Waals surface area contributed by atoms with Crippen molar-refractivity contribution in [2.24, 2.45) is 0 Å². The van der Waals surface area contributed by atoms with Crippen LogP contribution in [-0.2, 0) is 6.54 Å². The molecule has 0 unspecified atom stereocenters. The fraction of sp³-hybridized carbons (Fsp3) is 0.111. The van der Waals surface area contributed by atoms with Crippen LogP contribution in [0.3, 0.4) is 0 Å². The Morgan fingerprint density at radius 2 is 2.36 bits per heavy atom. The maximum Gasteiger partial charge on any atom is 0.202 e. The lowest BCUT2D eigenvalue weighted by Gasteiger charge is -2.02. The van der Waals surface area contributed by atoms with Gasteiger partial charge in [-0.05, 0) is 17.7 Å². The van der Waals surface area contributed by atoms with Crippen molar-refractivity contribution >= 4 is 28.3 Å². The molecule has 1 aromatic heterocycles. The molecule has 0 fully saturated rings. The first-order chi connectivity index (χ1) is 6.84. The van der Waals surface area contributed by atoms with Crippen molar-refractivity contribution in [3.63, 3.8) is 0 Å². The van der Waals surface area contributed by atoms with Crippen LogP contribution in [0.25, 0.3) is 0 Å². The second-order valence-corrected chi connectivity index (χ2v) is 3.95. The van der Waals surface area contributed by atoms with Gasteiger partial charge in [-0.1, -0.05) is 23.7 Å². The molecule has 1 heterocycles. The average Bonchev–Trinajstić information content (AvgIpc) is 2.67. The fourth-order valence-electron chi connectivity index (χ4n) is 1.08. The van der Waals surface area contributed by atoms with Gasteiger partial charge in [-0.15, -0.1) is 0 Å². The van der Waals surface area contributed by atoms with Crippen LogP contribution in [0.15, 0.2) is 30.6 Å². The average molecular weight is 226 g/mol. The van der Waals surface area contributed by atoms with E-state index in [4.69, 9.17) is 11.6 Å². The van der Waals surface area contributed by atoms with Gasteiger partial charge in [0, 0.05) is 23.1 Å². The summed E-state index contributed by atoms with van der Waals surface area (Å²) in [5, 5.41) is 4.73. The largest absolute Gasteiger partial charge is 0.356 e. The van der Waals surface area contributed by atoms with Crippen LogP contribution in [0, 0.1) is 0 Å². The van der Waals surface area contributed by atoms with Gasteiger partial charge >= 0.3 is 0 Å². The van der Waals surface area contributed by atoms with E-state index in [2.05, 4.69) is 14.7 Å². The van der Waals surface area contributed by atoms with Crippen LogP contribution in [0.5, 0.6) is 0 Å². The first-order valence-electron chi connectivity index (χ1n) is 4.09. The molecule has 2 aromatic rings. The van der Waals surface area contributed by atoms with Crippen LogP contribution in [0.4, 0.5) is 5.13 Å². The van der Waals surface area contributed by atoms with Crippen molar-refractivity contribution in [3.05, 3.63) is 41.2 Å². The van der Waals surface area contributed by atoms with Crippen LogP contribution in [0.2, 0.25) is 5.02 Å². The highest BCUT2D eigenvalue weighted by atomic mass is 35.5. The van der Waals surface area contributed by atoms with E-state index in [0.717, 1.165) is 22.3 Å². The third-order valence-corrected chi connectivity index (χ3v) is 2.55. The van der Waals surface area contributed by atoms with Crippen molar-refractivity contribution in [1.82, 2.24) is 9.36 Å². The first-order valence-corrected chi connectivity index (χ1v) is 5.25. The zero-order chi connectivity index (χ0) is 9.80. The molecule has 1 aromatic carbocycles. The van der Waals surface area contributed by atoms with Gasteiger partial charge in [-0.2, -0.15) is 4.37 Å². The second-order valence-electron chi connectivity index (χ2n) is 2.73. The number of nitrogens with zero attached hydrogens (tertiary/aromatic N) is 2. The standard InChI is InChI=1S/C9H8ClN3S/c10-8-3-1-2-7(4-8)5-11-9-12-6-13-14-9/h1-4,6H,5H2,(H,11,12,13). The number of halogens is 1. The summed E-state index contributed by atoms with van der Waals surface area (Å²) in [5.41, 5.74) is 1.13. The van der Waals surface area contributed by atoms with Crippen LogP contribution in [0.1, 0.15) is 5.56 Å². The molecule has 0 aliphatic rings. The van der Waals surface area contributed by atoms with Crippen LogP contribution in [-0.4, -0.2) is 9.36 Å². The Bertz CT molecular complexity index is 402. The lowest BCUT2D eigenvalue weighted by atomic mass is 10.2. The molecule has 14 heavy (non-hydrogen) atoms.